The van der Waals surface area contributed by atoms with Gasteiger partial charge in [0.1, 0.15) is 11.5 Å². The van der Waals surface area contributed by atoms with Gasteiger partial charge >= 0.3 is 6.18 Å². The van der Waals surface area contributed by atoms with Gasteiger partial charge in [-0.25, -0.2) is 4.98 Å². The standard InChI is InChI=1S/C25H22F3N5O/c1-14-8-17(18-4-2-3-7-29-18)21(31-11-14)23(34)33-13-16-9-24(16)10-19(22(24)33)32-20-6-5-15(12-30-20)25(26,27)28/h2-8,11-12,16,19,22H,9-10,13H2,1H3,(H,30,32). The molecule has 3 aromatic rings. The summed E-state index contributed by atoms with van der Waals surface area (Å²) in [6.07, 6.45) is 1.75. The molecule has 4 heterocycles. The molecule has 4 unspecified atom stereocenters. The molecule has 2 saturated carbocycles. The van der Waals surface area contributed by atoms with Gasteiger partial charge in [0.2, 0.25) is 0 Å². The number of hydrogen-bond acceptors (Lipinski definition) is 5. The van der Waals surface area contributed by atoms with Crippen molar-refractivity contribution in [3.05, 3.63) is 71.8 Å². The molecule has 0 bridgehead atoms. The van der Waals surface area contributed by atoms with E-state index in [0.29, 0.717) is 35.2 Å². The Balaban J connectivity index is 1.26. The highest BCUT2D eigenvalue weighted by Gasteiger charge is 2.75. The average molecular weight is 465 g/mol. The zero-order valence-corrected chi connectivity index (χ0v) is 18.4. The number of alkyl halides is 3. The van der Waals surface area contributed by atoms with E-state index in [9.17, 15) is 18.0 Å². The minimum atomic E-state index is -4.42. The Hall–Kier alpha value is -3.49. The fourth-order valence-electron chi connectivity index (χ4n) is 5.79. The maximum atomic E-state index is 13.7. The number of halogens is 3. The predicted octanol–water partition coefficient (Wildman–Crippen LogP) is 4.58. The number of nitrogens with one attached hydrogen (secondary N) is 1. The third-order valence-electron chi connectivity index (χ3n) is 7.46. The molecular weight excluding hydrogens is 443 g/mol. The van der Waals surface area contributed by atoms with Crippen LogP contribution < -0.4 is 5.32 Å². The van der Waals surface area contributed by atoms with Gasteiger partial charge in [-0.1, -0.05) is 6.07 Å². The van der Waals surface area contributed by atoms with E-state index in [-0.39, 0.29) is 23.4 Å². The third-order valence-corrected chi connectivity index (χ3v) is 7.46. The van der Waals surface area contributed by atoms with Crippen LogP contribution in [0.15, 0.2) is 55.0 Å². The maximum Gasteiger partial charge on any atom is 0.417 e. The maximum absolute atomic E-state index is 13.7. The normalized spacial score (nSPS) is 26.9. The van der Waals surface area contributed by atoms with Crippen LogP contribution in [0.5, 0.6) is 0 Å². The van der Waals surface area contributed by atoms with Gasteiger partial charge in [-0.2, -0.15) is 13.2 Å². The zero-order chi connectivity index (χ0) is 23.7. The Kier molecular flexibility index (Phi) is 4.49. The van der Waals surface area contributed by atoms with Crippen LogP contribution in [0.3, 0.4) is 0 Å². The van der Waals surface area contributed by atoms with Gasteiger partial charge in [-0.05, 0) is 67.0 Å². The number of pyridine rings is 3. The lowest BCUT2D eigenvalue weighted by molar-refractivity contribution is -0.137. The first-order valence-electron chi connectivity index (χ1n) is 11.2. The van der Waals surface area contributed by atoms with Crippen molar-refractivity contribution in [3.8, 4) is 11.3 Å². The van der Waals surface area contributed by atoms with E-state index in [2.05, 4.69) is 20.3 Å². The minimum absolute atomic E-state index is 0.0335. The molecule has 174 valence electrons. The van der Waals surface area contributed by atoms with Crippen molar-refractivity contribution < 1.29 is 18.0 Å². The van der Waals surface area contributed by atoms with E-state index >= 15 is 0 Å². The summed E-state index contributed by atoms with van der Waals surface area (Å²) in [5.74, 6) is 0.708. The summed E-state index contributed by atoms with van der Waals surface area (Å²) < 4.78 is 38.6. The number of aromatic nitrogens is 3. The van der Waals surface area contributed by atoms with E-state index in [1.807, 2.05) is 36.1 Å². The molecule has 0 aromatic carbocycles. The van der Waals surface area contributed by atoms with Crippen LogP contribution in [-0.2, 0) is 6.18 Å². The first kappa shape index (κ1) is 21.1. The number of carbonyl (C=O) groups excluding carboxylic acids is 1. The molecule has 1 saturated heterocycles. The molecule has 6 nitrogen and oxygen atoms in total. The number of aryl methyl sites for hydroxylation is 1. The number of carbonyl (C=O) groups is 1. The molecule has 1 aliphatic heterocycles. The summed E-state index contributed by atoms with van der Waals surface area (Å²) in [5.41, 5.74) is 2.03. The van der Waals surface area contributed by atoms with Crippen LogP contribution in [0.1, 0.15) is 34.5 Å². The average Bonchev–Trinajstić information content (AvgIpc) is 3.47. The fourth-order valence-corrected chi connectivity index (χ4v) is 5.79. The van der Waals surface area contributed by atoms with Crippen molar-refractivity contribution >= 4 is 11.7 Å². The highest BCUT2D eigenvalue weighted by Crippen LogP contribution is 2.71. The van der Waals surface area contributed by atoms with Gasteiger partial charge < -0.3 is 10.2 Å². The van der Waals surface area contributed by atoms with Crippen LogP contribution in [0.25, 0.3) is 11.3 Å². The summed E-state index contributed by atoms with van der Waals surface area (Å²) in [7, 11) is 0. The Bertz CT molecular complexity index is 1260. The molecule has 3 aliphatic rings. The lowest BCUT2D eigenvalue weighted by Gasteiger charge is -2.48. The number of amides is 1. The van der Waals surface area contributed by atoms with Crippen molar-refractivity contribution in [2.24, 2.45) is 11.3 Å². The molecule has 9 heteroatoms. The topological polar surface area (TPSA) is 71.0 Å². The van der Waals surface area contributed by atoms with Gasteiger partial charge in [0.15, 0.2) is 0 Å². The second kappa shape index (κ2) is 7.25. The van der Waals surface area contributed by atoms with Gasteiger partial charge in [0, 0.05) is 36.7 Å². The third kappa shape index (κ3) is 3.25. The van der Waals surface area contributed by atoms with Gasteiger partial charge in [-0.15, -0.1) is 0 Å². The monoisotopic (exact) mass is 465 g/mol. The van der Waals surface area contributed by atoms with Crippen molar-refractivity contribution in [3.63, 3.8) is 0 Å². The number of likely N-dealkylation sites (tertiary alicyclic amines) is 1. The van der Waals surface area contributed by atoms with Crippen LogP contribution in [0, 0.1) is 18.3 Å². The van der Waals surface area contributed by atoms with E-state index in [4.69, 9.17) is 0 Å². The fraction of sp³-hybridized carbons (Fsp3) is 0.360. The lowest BCUT2D eigenvalue weighted by atomic mass is 9.71. The summed E-state index contributed by atoms with van der Waals surface area (Å²) in [5, 5.41) is 3.27. The summed E-state index contributed by atoms with van der Waals surface area (Å²) in [4.78, 5) is 28.5. The van der Waals surface area contributed by atoms with E-state index < -0.39 is 11.7 Å². The Morgan fingerprint density at radius 3 is 2.68 bits per heavy atom. The second-order valence-electron chi connectivity index (χ2n) is 9.55. The molecule has 3 fully saturated rings. The van der Waals surface area contributed by atoms with Crippen molar-refractivity contribution in [1.29, 1.82) is 0 Å². The summed E-state index contributed by atoms with van der Waals surface area (Å²) >= 11 is 0. The van der Waals surface area contributed by atoms with Crippen molar-refractivity contribution in [1.82, 2.24) is 19.9 Å². The number of hydrogen-bond donors (Lipinski definition) is 1. The van der Waals surface area contributed by atoms with E-state index in [1.165, 1.54) is 6.07 Å². The lowest BCUT2D eigenvalue weighted by Crippen LogP contribution is -2.60. The smallest absolute Gasteiger partial charge is 0.365 e. The molecular formula is C25H22F3N5O. The van der Waals surface area contributed by atoms with E-state index in [1.54, 1.807) is 12.4 Å². The van der Waals surface area contributed by atoms with Gasteiger partial charge in [0.25, 0.3) is 5.91 Å². The molecule has 1 N–H and O–H groups in total. The van der Waals surface area contributed by atoms with Crippen LogP contribution in [-0.4, -0.2) is 44.4 Å². The molecule has 0 radical (unpaired) electrons. The number of nitrogens with zero attached hydrogens (tertiary/aromatic N) is 4. The predicted molar refractivity (Wildman–Crippen MR) is 119 cm³/mol. The minimum Gasteiger partial charge on any atom is -0.365 e. The largest absolute Gasteiger partial charge is 0.417 e. The summed E-state index contributed by atoms with van der Waals surface area (Å²) in [6.45, 7) is 2.59. The molecule has 2 aliphatic carbocycles. The molecule has 1 spiro atoms. The summed E-state index contributed by atoms with van der Waals surface area (Å²) in [6, 6.07) is 9.76. The molecule has 1 amide bonds. The highest BCUT2D eigenvalue weighted by molar-refractivity contribution is 5.99. The van der Waals surface area contributed by atoms with Crippen LogP contribution >= 0.6 is 0 Å². The first-order valence-corrected chi connectivity index (χ1v) is 11.2. The quantitative estimate of drug-likeness (QED) is 0.611. The van der Waals surface area contributed by atoms with E-state index in [0.717, 1.165) is 30.7 Å². The molecule has 6 rings (SSSR count). The van der Waals surface area contributed by atoms with Gasteiger partial charge in [-0.3, -0.25) is 14.8 Å². The van der Waals surface area contributed by atoms with Crippen LogP contribution in [0.4, 0.5) is 19.0 Å². The zero-order valence-electron chi connectivity index (χ0n) is 18.4. The van der Waals surface area contributed by atoms with Gasteiger partial charge in [0.05, 0.1) is 17.3 Å². The molecule has 4 atom stereocenters. The first-order chi connectivity index (χ1) is 16.3. The Labute approximate surface area is 194 Å². The van der Waals surface area contributed by atoms with Crippen molar-refractivity contribution in [2.45, 2.75) is 38.0 Å². The Morgan fingerprint density at radius 1 is 1.12 bits per heavy atom. The van der Waals surface area contributed by atoms with Crippen LogP contribution in [0.2, 0.25) is 0 Å². The molecule has 3 aromatic heterocycles. The van der Waals surface area contributed by atoms with Crippen molar-refractivity contribution in [2.75, 3.05) is 11.9 Å². The second-order valence-corrected chi connectivity index (χ2v) is 9.55. The number of piperidine rings is 1. The SMILES string of the molecule is Cc1cnc(C(=O)N2CC3CC34CC(Nc3ccc(C(F)(F)F)cn3)C24)c(-c2ccccn2)c1. The number of anilines is 1. The highest BCUT2D eigenvalue weighted by atomic mass is 19.4. The molecule has 34 heavy (non-hydrogen) atoms. The Morgan fingerprint density at radius 2 is 1.97 bits per heavy atom. The number of rotatable bonds is 4.